The molecule has 0 bridgehead atoms. The van der Waals surface area contributed by atoms with E-state index in [1.54, 1.807) is 0 Å². The van der Waals surface area contributed by atoms with Gasteiger partial charge in [0.05, 0.1) is 0 Å². The minimum absolute atomic E-state index is 0.00882. The number of ether oxygens (including phenoxy) is 1. The Morgan fingerprint density at radius 1 is 0.741 bits per heavy atom. The Kier molecular flexibility index (Phi) is 5.06. The summed E-state index contributed by atoms with van der Waals surface area (Å²) in [5.41, 5.74) is -1.33. The van der Waals surface area contributed by atoms with Gasteiger partial charge in [-0.05, 0) is 42.0 Å². The van der Waals surface area contributed by atoms with Crippen LogP contribution in [0.15, 0.2) is 54.6 Å². The quantitative estimate of drug-likeness (QED) is 0.442. The monoisotopic (exact) mass is 402 g/mol. The standard InChI is InChI=1S/C19H9ClF6O/c20-11-7-16(23)18(17(24)8-11)19(25,26)27-13-5-6-14(15(22)9-13)10-1-3-12(21)4-2-10/h1-9H. The van der Waals surface area contributed by atoms with Crippen LogP contribution in [0.3, 0.4) is 0 Å². The highest BCUT2D eigenvalue weighted by Crippen LogP contribution is 2.37. The molecule has 27 heavy (non-hydrogen) atoms. The molecule has 0 spiro atoms. The first-order chi connectivity index (χ1) is 12.7. The van der Waals surface area contributed by atoms with Crippen LogP contribution in [-0.4, -0.2) is 0 Å². The number of halogens is 7. The Labute approximate surface area is 154 Å². The van der Waals surface area contributed by atoms with Gasteiger partial charge in [0.2, 0.25) is 0 Å². The molecule has 0 N–H and O–H groups in total. The molecule has 0 heterocycles. The van der Waals surface area contributed by atoms with Crippen molar-refractivity contribution in [1.82, 2.24) is 0 Å². The molecule has 0 aliphatic heterocycles. The fourth-order valence-corrected chi connectivity index (χ4v) is 2.63. The number of alkyl halides is 2. The van der Waals surface area contributed by atoms with E-state index in [1.165, 1.54) is 12.1 Å². The third kappa shape index (κ3) is 4.03. The van der Waals surface area contributed by atoms with Crippen molar-refractivity contribution in [1.29, 1.82) is 0 Å². The summed E-state index contributed by atoms with van der Waals surface area (Å²) in [4.78, 5) is 0. The maximum absolute atomic E-state index is 14.2. The number of hydrogen-bond donors (Lipinski definition) is 0. The van der Waals surface area contributed by atoms with Crippen molar-refractivity contribution in [2.75, 3.05) is 0 Å². The minimum Gasteiger partial charge on any atom is -0.429 e. The van der Waals surface area contributed by atoms with Crippen LogP contribution in [0.2, 0.25) is 5.02 Å². The lowest BCUT2D eigenvalue weighted by atomic mass is 10.0. The van der Waals surface area contributed by atoms with Gasteiger partial charge in [0, 0.05) is 16.7 Å². The normalized spacial score (nSPS) is 11.5. The molecule has 8 heteroatoms. The van der Waals surface area contributed by atoms with E-state index in [1.807, 2.05) is 0 Å². The van der Waals surface area contributed by atoms with Gasteiger partial charge in [-0.15, -0.1) is 0 Å². The summed E-state index contributed by atoms with van der Waals surface area (Å²) >= 11 is 5.40. The van der Waals surface area contributed by atoms with Crippen molar-refractivity contribution >= 4 is 11.6 Å². The van der Waals surface area contributed by atoms with Gasteiger partial charge < -0.3 is 4.74 Å². The van der Waals surface area contributed by atoms with E-state index < -0.39 is 45.7 Å². The van der Waals surface area contributed by atoms with Crippen LogP contribution in [-0.2, 0) is 6.11 Å². The topological polar surface area (TPSA) is 9.23 Å². The molecule has 140 valence electrons. The second kappa shape index (κ2) is 7.15. The molecule has 0 saturated carbocycles. The first-order valence-corrected chi connectivity index (χ1v) is 7.82. The molecule has 3 aromatic carbocycles. The van der Waals surface area contributed by atoms with Crippen molar-refractivity contribution in [3.8, 4) is 16.9 Å². The molecular formula is C19H9ClF6O. The third-order valence-corrected chi connectivity index (χ3v) is 3.86. The van der Waals surface area contributed by atoms with E-state index in [0.29, 0.717) is 23.8 Å². The third-order valence-electron chi connectivity index (χ3n) is 3.64. The predicted octanol–water partition coefficient (Wildman–Crippen LogP) is 6.69. The Morgan fingerprint density at radius 3 is 1.89 bits per heavy atom. The zero-order valence-electron chi connectivity index (χ0n) is 13.3. The first kappa shape index (κ1) is 19.1. The van der Waals surface area contributed by atoms with Gasteiger partial charge >= 0.3 is 6.11 Å². The number of benzene rings is 3. The number of hydrogen-bond acceptors (Lipinski definition) is 1. The molecule has 3 rings (SSSR count). The molecule has 0 aliphatic carbocycles. The molecule has 0 amide bonds. The summed E-state index contributed by atoms with van der Waals surface area (Å²) in [6.07, 6.45) is -4.41. The highest BCUT2D eigenvalue weighted by Gasteiger charge is 2.41. The van der Waals surface area contributed by atoms with Crippen molar-refractivity contribution in [3.63, 3.8) is 0 Å². The lowest BCUT2D eigenvalue weighted by Crippen LogP contribution is -2.25. The van der Waals surface area contributed by atoms with Gasteiger partial charge in [-0.2, -0.15) is 8.78 Å². The van der Waals surface area contributed by atoms with Crippen LogP contribution >= 0.6 is 11.6 Å². The molecule has 3 aromatic rings. The summed E-state index contributed by atoms with van der Waals surface area (Å²) < 4.78 is 87.3. The van der Waals surface area contributed by atoms with Crippen LogP contribution in [0.25, 0.3) is 11.1 Å². The largest absolute Gasteiger partial charge is 0.432 e. The zero-order valence-corrected chi connectivity index (χ0v) is 14.0. The van der Waals surface area contributed by atoms with Crippen LogP contribution in [0.1, 0.15) is 5.56 Å². The summed E-state index contributed by atoms with van der Waals surface area (Å²) in [5.74, 6) is -5.32. The van der Waals surface area contributed by atoms with Crippen LogP contribution < -0.4 is 4.74 Å². The van der Waals surface area contributed by atoms with Gasteiger partial charge in [0.15, 0.2) is 0 Å². The van der Waals surface area contributed by atoms with E-state index >= 15 is 0 Å². The van der Waals surface area contributed by atoms with E-state index in [0.717, 1.165) is 24.3 Å². The summed E-state index contributed by atoms with van der Waals surface area (Å²) in [6.45, 7) is 0. The Hall–Kier alpha value is -2.67. The Morgan fingerprint density at radius 2 is 1.33 bits per heavy atom. The predicted molar refractivity (Wildman–Crippen MR) is 87.7 cm³/mol. The summed E-state index contributed by atoms with van der Waals surface area (Å²) in [6, 6.07) is 8.62. The zero-order chi connectivity index (χ0) is 19.8. The highest BCUT2D eigenvalue weighted by atomic mass is 35.5. The molecule has 0 fully saturated rings. The van der Waals surface area contributed by atoms with Gasteiger partial charge in [-0.25, -0.2) is 17.6 Å². The average molecular weight is 403 g/mol. The summed E-state index contributed by atoms with van der Waals surface area (Å²) in [5, 5.41) is -0.403. The van der Waals surface area contributed by atoms with Crippen LogP contribution in [0.4, 0.5) is 26.3 Å². The number of rotatable bonds is 4. The van der Waals surface area contributed by atoms with E-state index in [4.69, 9.17) is 11.6 Å². The molecule has 0 atom stereocenters. The molecule has 0 unspecified atom stereocenters. The van der Waals surface area contributed by atoms with Crippen LogP contribution in [0.5, 0.6) is 5.75 Å². The van der Waals surface area contributed by atoms with Crippen molar-refractivity contribution in [2.45, 2.75) is 6.11 Å². The molecule has 0 aliphatic rings. The van der Waals surface area contributed by atoms with E-state index in [-0.39, 0.29) is 5.56 Å². The molecule has 0 aromatic heterocycles. The molecule has 1 nitrogen and oxygen atoms in total. The Balaban J connectivity index is 1.92. The molecule has 0 saturated heterocycles. The van der Waals surface area contributed by atoms with E-state index in [2.05, 4.69) is 4.74 Å². The SMILES string of the molecule is Fc1ccc(-c2ccc(OC(F)(F)c3c(F)cc(Cl)cc3F)cc2F)cc1. The second-order valence-corrected chi connectivity index (χ2v) is 5.95. The maximum Gasteiger partial charge on any atom is 0.432 e. The molecular weight excluding hydrogens is 394 g/mol. The van der Waals surface area contributed by atoms with E-state index in [9.17, 15) is 26.3 Å². The van der Waals surface area contributed by atoms with Gasteiger partial charge in [-0.1, -0.05) is 23.7 Å². The fourth-order valence-electron chi connectivity index (χ4n) is 2.44. The average Bonchev–Trinajstić information content (AvgIpc) is 2.54. The van der Waals surface area contributed by atoms with Crippen LogP contribution in [0, 0.1) is 23.3 Å². The minimum atomic E-state index is -4.41. The first-order valence-electron chi connectivity index (χ1n) is 7.45. The van der Waals surface area contributed by atoms with Crippen molar-refractivity contribution in [2.24, 2.45) is 0 Å². The second-order valence-electron chi connectivity index (χ2n) is 5.51. The highest BCUT2D eigenvalue weighted by molar-refractivity contribution is 6.30. The lowest BCUT2D eigenvalue weighted by molar-refractivity contribution is -0.189. The smallest absolute Gasteiger partial charge is 0.429 e. The summed E-state index contributed by atoms with van der Waals surface area (Å²) in [7, 11) is 0. The van der Waals surface area contributed by atoms with Crippen molar-refractivity contribution in [3.05, 3.63) is 88.5 Å². The van der Waals surface area contributed by atoms with Gasteiger partial charge in [0.25, 0.3) is 0 Å². The lowest BCUT2D eigenvalue weighted by Gasteiger charge is -2.20. The molecule has 0 radical (unpaired) electrons. The van der Waals surface area contributed by atoms with Crippen molar-refractivity contribution < 1.29 is 31.1 Å². The Bertz CT molecular complexity index is 965. The van der Waals surface area contributed by atoms with Gasteiger partial charge in [-0.3, -0.25) is 0 Å². The maximum atomic E-state index is 14.2. The van der Waals surface area contributed by atoms with Gasteiger partial charge in [0.1, 0.15) is 34.6 Å². The fraction of sp³-hybridized carbons (Fsp3) is 0.0526.